The molecule has 0 saturated carbocycles. The summed E-state index contributed by atoms with van der Waals surface area (Å²) >= 11 is 0. The van der Waals surface area contributed by atoms with Gasteiger partial charge < -0.3 is 10.0 Å². The van der Waals surface area contributed by atoms with E-state index in [0.717, 1.165) is 45.2 Å². The Bertz CT molecular complexity index is 516. The van der Waals surface area contributed by atoms with E-state index in [4.69, 9.17) is 0 Å². The van der Waals surface area contributed by atoms with E-state index >= 15 is 0 Å². The van der Waals surface area contributed by atoms with Gasteiger partial charge in [-0.25, -0.2) is 0 Å². The van der Waals surface area contributed by atoms with Crippen LogP contribution < -0.4 is 0 Å². The molecule has 1 aromatic carbocycles. The van der Waals surface area contributed by atoms with Crippen molar-refractivity contribution in [2.24, 2.45) is 5.92 Å². The molecule has 2 rings (SSSR count). The van der Waals surface area contributed by atoms with E-state index in [0.29, 0.717) is 6.42 Å². The fourth-order valence-electron chi connectivity index (χ4n) is 3.38. The first-order valence-electron chi connectivity index (χ1n) is 9.38. The van der Waals surface area contributed by atoms with Crippen LogP contribution in [0, 0.1) is 5.92 Å². The van der Waals surface area contributed by atoms with Crippen molar-refractivity contribution in [1.82, 2.24) is 4.90 Å². The predicted octanol–water partition coefficient (Wildman–Crippen LogP) is 3.93. The zero-order chi connectivity index (χ0) is 17.6. The second-order valence-corrected chi connectivity index (χ2v) is 8.18. The Balaban J connectivity index is 1.70. The van der Waals surface area contributed by atoms with Crippen molar-refractivity contribution in [2.75, 3.05) is 19.7 Å². The molecule has 1 aliphatic rings. The maximum atomic E-state index is 12.3. The van der Waals surface area contributed by atoms with E-state index in [1.54, 1.807) is 0 Å². The molecular formula is C21H33NO2. The second-order valence-electron chi connectivity index (χ2n) is 8.18. The molecule has 0 spiro atoms. The molecule has 0 bridgehead atoms. The van der Waals surface area contributed by atoms with E-state index in [1.807, 2.05) is 4.90 Å². The molecule has 1 fully saturated rings. The number of benzene rings is 1. The lowest BCUT2D eigenvalue weighted by Gasteiger charge is -2.32. The maximum absolute atomic E-state index is 12.3. The normalized spacial score (nSPS) is 18.7. The molecule has 1 aromatic rings. The third kappa shape index (κ3) is 5.62. The highest BCUT2D eigenvalue weighted by molar-refractivity contribution is 5.76. The van der Waals surface area contributed by atoms with Gasteiger partial charge in [0.2, 0.25) is 5.91 Å². The first-order valence-corrected chi connectivity index (χ1v) is 9.38. The van der Waals surface area contributed by atoms with Gasteiger partial charge in [-0.15, -0.1) is 0 Å². The van der Waals surface area contributed by atoms with Crippen LogP contribution in [-0.4, -0.2) is 35.6 Å². The molecule has 1 saturated heterocycles. The molecule has 1 N–H and O–H groups in total. The fraction of sp³-hybridized carbons (Fsp3) is 0.667. The second kappa shape index (κ2) is 8.66. The number of hydrogen-bond donors (Lipinski definition) is 1. The fourth-order valence-corrected chi connectivity index (χ4v) is 3.38. The van der Waals surface area contributed by atoms with Gasteiger partial charge in [0.15, 0.2) is 0 Å². The summed E-state index contributed by atoms with van der Waals surface area (Å²) in [5.41, 5.74) is 2.92. The SMILES string of the molecule is CC(C)(C)c1ccc(CCCCC(=O)N2CCCC(CO)C2)cc1. The standard InChI is InChI=1S/C21H33NO2/c1-21(2,3)19-12-10-17(11-13-19)7-4-5-9-20(24)22-14-6-8-18(15-22)16-23/h10-13,18,23H,4-9,14-16H2,1-3H3. The number of unbranched alkanes of at least 4 members (excludes halogenated alkanes) is 1. The molecule has 1 amide bonds. The van der Waals surface area contributed by atoms with Crippen LogP contribution in [0.4, 0.5) is 0 Å². The summed E-state index contributed by atoms with van der Waals surface area (Å²) in [5.74, 6) is 0.542. The predicted molar refractivity (Wildman–Crippen MR) is 99.1 cm³/mol. The zero-order valence-corrected chi connectivity index (χ0v) is 15.6. The van der Waals surface area contributed by atoms with Gasteiger partial charge >= 0.3 is 0 Å². The van der Waals surface area contributed by atoms with Gasteiger partial charge in [0.05, 0.1) is 0 Å². The van der Waals surface area contributed by atoms with Crippen molar-refractivity contribution >= 4 is 5.91 Å². The van der Waals surface area contributed by atoms with E-state index in [9.17, 15) is 9.90 Å². The molecule has 1 atom stereocenters. The van der Waals surface area contributed by atoms with Crippen LogP contribution in [0.25, 0.3) is 0 Å². The largest absolute Gasteiger partial charge is 0.396 e. The van der Waals surface area contributed by atoms with Crippen molar-refractivity contribution in [2.45, 2.75) is 64.7 Å². The minimum Gasteiger partial charge on any atom is -0.396 e. The van der Waals surface area contributed by atoms with Crippen molar-refractivity contribution < 1.29 is 9.90 Å². The Morgan fingerprint density at radius 2 is 1.92 bits per heavy atom. The molecule has 1 unspecified atom stereocenters. The van der Waals surface area contributed by atoms with Crippen LogP contribution in [-0.2, 0) is 16.6 Å². The number of rotatable bonds is 6. The minimum absolute atomic E-state index is 0.200. The van der Waals surface area contributed by atoms with Gasteiger partial charge in [-0.05, 0) is 54.6 Å². The van der Waals surface area contributed by atoms with Crippen LogP contribution in [0.15, 0.2) is 24.3 Å². The monoisotopic (exact) mass is 331 g/mol. The quantitative estimate of drug-likeness (QED) is 0.803. The Kier molecular flexibility index (Phi) is 6.85. The van der Waals surface area contributed by atoms with Crippen LogP contribution in [0.2, 0.25) is 0 Å². The lowest BCUT2D eigenvalue weighted by molar-refractivity contribution is -0.133. The van der Waals surface area contributed by atoms with Gasteiger partial charge in [0.1, 0.15) is 0 Å². The Morgan fingerprint density at radius 1 is 1.21 bits per heavy atom. The van der Waals surface area contributed by atoms with E-state index in [-0.39, 0.29) is 23.8 Å². The number of nitrogens with zero attached hydrogens (tertiary/aromatic N) is 1. The first-order chi connectivity index (χ1) is 11.4. The molecule has 1 aliphatic heterocycles. The number of aryl methyl sites for hydroxylation is 1. The number of aliphatic hydroxyl groups is 1. The molecule has 3 heteroatoms. The lowest BCUT2D eigenvalue weighted by Crippen LogP contribution is -2.40. The Hall–Kier alpha value is -1.35. The van der Waals surface area contributed by atoms with Crippen LogP contribution >= 0.6 is 0 Å². The van der Waals surface area contributed by atoms with Gasteiger partial charge in [-0.2, -0.15) is 0 Å². The highest BCUT2D eigenvalue weighted by Gasteiger charge is 2.22. The summed E-state index contributed by atoms with van der Waals surface area (Å²) in [6.07, 6.45) is 5.75. The molecule has 3 nitrogen and oxygen atoms in total. The summed E-state index contributed by atoms with van der Waals surface area (Å²) in [6, 6.07) is 8.89. The van der Waals surface area contributed by atoms with Crippen LogP contribution in [0.5, 0.6) is 0 Å². The zero-order valence-electron chi connectivity index (χ0n) is 15.6. The summed E-state index contributed by atoms with van der Waals surface area (Å²) in [4.78, 5) is 14.2. The highest BCUT2D eigenvalue weighted by Crippen LogP contribution is 2.23. The van der Waals surface area contributed by atoms with Crippen LogP contribution in [0.3, 0.4) is 0 Å². The lowest BCUT2D eigenvalue weighted by atomic mass is 9.86. The topological polar surface area (TPSA) is 40.5 Å². The van der Waals surface area contributed by atoms with Crippen molar-refractivity contribution in [3.05, 3.63) is 35.4 Å². The molecule has 0 aromatic heterocycles. The molecule has 24 heavy (non-hydrogen) atoms. The number of amides is 1. The minimum atomic E-state index is 0.200. The number of aliphatic hydroxyl groups excluding tert-OH is 1. The Morgan fingerprint density at radius 3 is 2.54 bits per heavy atom. The molecule has 134 valence electrons. The number of piperidine rings is 1. The summed E-state index contributed by atoms with van der Waals surface area (Å²) in [5, 5.41) is 9.26. The third-order valence-corrected chi connectivity index (χ3v) is 5.06. The highest BCUT2D eigenvalue weighted by atomic mass is 16.3. The van der Waals surface area contributed by atoms with Gasteiger partial charge in [0.25, 0.3) is 0 Å². The van der Waals surface area contributed by atoms with Gasteiger partial charge in [-0.1, -0.05) is 45.0 Å². The number of likely N-dealkylation sites (tertiary alicyclic amines) is 1. The van der Waals surface area contributed by atoms with Crippen molar-refractivity contribution in [3.8, 4) is 0 Å². The summed E-state index contributed by atoms with van der Waals surface area (Å²) < 4.78 is 0. The van der Waals surface area contributed by atoms with Gasteiger partial charge in [-0.3, -0.25) is 4.79 Å². The number of carbonyl (C=O) groups excluding carboxylic acids is 1. The van der Waals surface area contributed by atoms with Crippen LogP contribution in [0.1, 0.15) is 64.0 Å². The van der Waals surface area contributed by atoms with Crippen molar-refractivity contribution in [3.63, 3.8) is 0 Å². The maximum Gasteiger partial charge on any atom is 0.222 e. The third-order valence-electron chi connectivity index (χ3n) is 5.06. The van der Waals surface area contributed by atoms with Crippen molar-refractivity contribution in [1.29, 1.82) is 0 Å². The summed E-state index contributed by atoms with van der Waals surface area (Å²) in [7, 11) is 0. The van der Waals surface area contributed by atoms with E-state index in [2.05, 4.69) is 45.0 Å². The number of hydrogen-bond acceptors (Lipinski definition) is 2. The average molecular weight is 332 g/mol. The molecular weight excluding hydrogens is 298 g/mol. The number of carbonyl (C=O) groups is 1. The van der Waals surface area contributed by atoms with Gasteiger partial charge in [0, 0.05) is 26.1 Å². The summed E-state index contributed by atoms with van der Waals surface area (Å²) in [6.45, 7) is 8.50. The van der Waals surface area contributed by atoms with E-state index in [1.165, 1.54) is 11.1 Å². The molecule has 0 radical (unpaired) electrons. The first kappa shape index (κ1) is 19.0. The average Bonchev–Trinajstić information content (AvgIpc) is 2.58. The Labute approximate surface area is 147 Å². The molecule has 1 heterocycles. The molecule has 0 aliphatic carbocycles. The smallest absolute Gasteiger partial charge is 0.222 e. The van der Waals surface area contributed by atoms with E-state index < -0.39 is 0 Å².